The number of hydrogen-bond donors (Lipinski definition) is 1. The third kappa shape index (κ3) is 2.71. The second kappa shape index (κ2) is 5.89. The summed E-state index contributed by atoms with van der Waals surface area (Å²) in [6.45, 7) is -0.0405. The molecule has 21 heavy (non-hydrogen) atoms. The number of hydrogen-bond acceptors (Lipinski definition) is 3. The Kier molecular flexibility index (Phi) is 3.79. The molecule has 0 saturated heterocycles. The SMILES string of the molecule is OCc1cccc(F)c1OCc1ccnc2ccccc12. The monoisotopic (exact) mass is 283 g/mol. The predicted molar refractivity (Wildman–Crippen MR) is 78.4 cm³/mol. The minimum Gasteiger partial charge on any atom is -0.485 e. The number of aliphatic hydroxyl groups is 1. The van der Waals surface area contributed by atoms with Gasteiger partial charge < -0.3 is 9.84 Å². The van der Waals surface area contributed by atoms with Gasteiger partial charge in [-0.05, 0) is 18.2 Å². The van der Waals surface area contributed by atoms with Gasteiger partial charge in [-0.3, -0.25) is 4.98 Å². The molecule has 0 radical (unpaired) electrons. The number of benzene rings is 2. The van der Waals surface area contributed by atoms with Crippen LogP contribution in [0.15, 0.2) is 54.7 Å². The lowest BCUT2D eigenvalue weighted by Gasteiger charge is -2.12. The Bertz CT molecular complexity index is 768. The van der Waals surface area contributed by atoms with Crippen LogP contribution in [0.4, 0.5) is 4.39 Å². The molecule has 0 unspecified atom stereocenters. The highest BCUT2D eigenvalue weighted by molar-refractivity contribution is 5.81. The molecule has 3 nitrogen and oxygen atoms in total. The molecule has 1 aromatic heterocycles. The van der Waals surface area contributed by atoms with Gasteiger partial charge >= 0.3 is 0 Å². The first-order chi connectivity index (χ1) is 10.3. The second-order valence-electron chi connectivity index (χ2n) is 4.66. The molecule has 0 atom stereocenters. The smallest absolute Gasteiger partial charge is 0.165 e. The van der Waals surface area contributed by atoms with Crippen LogP contribution in [0.5, 0.6) is 5.75 Å². The molecule has 3 rings (SSSR count). The summed E-state index contributed by atoms with van der Waals surface area (Å²) >= 11 is 0. The van der Waals surface area contributed by atoms with Crippen LogP contribution in [0, 0.1) is 5.82 Å². The molecule has 0 spiro atoms. The van der Waals surface area contributed by atoms with E-state index in [1.54, 1.807) is 18.3 Å². The van der Waals surface area contributed by atoms with Crippen LogP contribution in [0.3, 0.4) is 0 Å². The standard InChI is InChI=1S/C17H14FNO2/c18-15-6-3-4-12(10-20)17(15)21-11-13-8-9-19-16-7-2-1-5-14(13)16/h1-9,20H,10-11H2. The number of aliphatic hydroxyl groups excluding tert-OH is 1. The minimum atomic E-state index is -0.472. The van der Waals surface area contributed by atoms with Gasteiger partial charge in [-0.25, -0.2) is 4.39 Å². The van der Waals surface area contributed by atoms with Crippen LogP contribution in [-0.4, -0.2) is 10.1 Å². The average molecular weight is 283 g/mol. The summed E-state index contributed by atoms with van der Waals surface area (Å²) in [4.78, 5) is 4.28. The van der Waals surface area contributed by atoms with Gasteiger partial charge in [-0.2, -0.15) is 0 Å². The van der Waals surface area contributed by atoms with E-state index in [4.69, 9.17) is 4.74 Å². The van der Waals surface area contributed by atoms with E-state index in [1.807, 2.05) is 30.3 Å². The molecule has 3 aromatic rings. The minimum absolute atomic E-state index is 0.0980. The third-order valence-electron chi connectivity index (χ3n) is 3.33. The lowest BCUT2D eigenvalue weighted by molar-refractivity contribution is 0.252. The van der Waals surface area contributed by atoms with E-state index in [0.29, 0.717) is 5.56 Å². The van der Waals surface area contributed by atoms with E-state index in [2.05, 4.69) is 4.98 Å². The third-order valence-corrected chi connectivity index (χ3v) is 3.33. The summed E-state index contributed by atoms with van der Waals surface area (Å²) in [6, 6.07) is 14.1. The molecular formula is C17H14FNO2. The van der Waals surface area contributed by atoms with Gasteiger partial charge in [-0.1, -0.05) is 30.3 Å². The first-order valence-corrected chi connectivity index (χ1v) is 6.63. The summed E-state index contributed by atoms with van der Waals surface area (Å²) in [5, 5.41) is 10.2. The van der Waals surface area contributed by atoms with E-state index in [1.165, 1.54) is 6.07 Å². The van der Waals surface area contributed by atoms with Crippen molar-refractivity contribution in [3.63, 3.8) is 0 Å². The van der Waals surface area contributed by atoms with Crippen LogP contribution in [0.25, 0.3) is 10.9 Å². The summed E-state index contributed by atoms with van der Waals surface area (Å²) in [7, 11) is 0. The number of aromatic nitrogens is 1. The fourth-order valence-corrected chi connectivity index (χ4v) is 2.27. The van der Waals surface area contributed by atoms with Crippen LogP contribution >= 0.6 is 0 Å². The van der Waals surface area contributed by atoms with Crippen molar-refractivity contribution in [1.82, 2.24) is 4.98 Å². The zero-order valence-corrected chi connectivity index (χ0v) is 11.3. The Balaban J connectivity index is 1.91. The molecular weight excluding hydrogens is 269 g/mol. The van der Waals surface area contributed by atoms with Crippen LogP contribution in [0.1, 0.15) is 11.1 Å². The van der Waals surface area contributed by atoms with Gasteiger partial charge in [0.25, 0.3) is 0 Å². The summed E-state index contributed by atoms with van der Waals surface area (Å²) < 4.78 is 19.4. The molecule has 4 heteroatoms. The molecule has 2 aromatic carbocycles. The molecule has 0 bridgehead atoms. The summed E-state index contributed by atoms with van der Waals surface area (Å²) in [6.07, 6.45) is 1.70. The van der Waals surface area contributed by atoms with Gasteiger partial charge in [0.1, 0.15) is 6.61 Å². The number of pyridine rings is 1. The van der Waals surface area contributed by atoms with Crippen molar-refractivity contribution in [2.45, 2.75) is 13.2 Å². The Morgan fingerprint density at radius 2 is 1.86 bits per heavy atom. The van der Waals surface area contributed by atoms with Crippen molar-refractivity contribution < 1.29 is 14.2 Å². The number of fused-ring (bicyclic) bond motifs is 1. The molecule has 0 aliphatic carbocycles. The van der Waals surface area contributed by atoms with Crippen molar-refractivity contribution in [1.29, 1.82) is 0 Å². The Morgan fingerprint density at radius 3 is 2.71 bits per heavy atom. The van der Waals surface area contributed by atoms with Gasteiger partial charge in [0.15, 0.2) is 11.6 Å². The van der Waals surface area contributed by atoms with Gasteiger partial charge in [-0.15, -0.1) is 0 Å². The van der Waals surface area contributed by atoms with E-state index >= 15 is 0 Å². The second-order valence-corrected chi connectivity index (χ2v) is 4.66. The highest BCUT2D eigenvalue weighted by atomic mass is 19.1. The van der Waals surface area contributed by atoms with Gasteiger partial charge in [0.2, 0.25) is 0 Å². The zero-order valence-electron chi connectivity index (χ0n) is 11.3. The van der Waals surface area contributed by atoms with E-state index in [9.17, 15) is 9.50 Å². The fraction of sp³-hybridized carbons (Fsp3) is 0.118. The van der Waals surface area contributed by atoms with Gasteiger partial charge in [0, 0.05) is 22.7 Å². The molecule has 1 heterocycles. The highest BCUT2D eigenvalue weighted by Crippen LogP contribution is 2.25. The Labute approximate surface area is 121 Å². The molecule has 0 aliphatic rings. The van der Waals surface area contributed by atoms with Crippen molar-refractivity contribution >= 4 is 10.9 Å². The number of nitrogens with zero attached hydrogens (tertiary/aromatic N) is 1. The maximum absolute atomic E-state index is 13.8. The molecule has 106 valence electrons. The zero-order chi connectivity index (χ0) is 14.7. The number of ether oxygens (including phenoxy) is 1. The first-order valence-electron chi connectivity index (χ1n) is 6.63. The van der Waals surface area contributed by atoms with Crippen molar-refractivity contribution in [3.05, 3.63) is 71.7 Å². The lowest BCUT2D eigenvalue weighted by Crippen LogP contribution is -2.02. The topological polar surface area (TPSA) is 42.4 Å². The number of halogens is 1. The molecule has 0 aliphatic heterocycles. The largest absolute Gasteiger partial charge is 0.485 e. The maximum Gasteiger partial charge on any atom is 0.165 e. The van der Waals surface area contributed by atoms with Gasteiger partial charge in [0.05, 0.1) is 12.1 Å². The van der Waals surface area contributed by atoms with Crippen molar-refractivity contribution in [3.8, 4) is 5.75 Å². The fourth-order valence-electron chi connectivity index (χ4n) is 2.27. The highest BCUT2D eigenvalue weighted by Gasteiger charge is 2.10. The van der Waals surface area contributed by atoms with Crippen molar-refractivity contribution in [2.24, 2.45) is 0 Å². The normalized spacial score (nSPS) is 10.8. The average Bonchev–Trinajstić information content (AvgIpc) is 2.53. The lowest BCUT2D eigenvalue weighted by atomic mass is 10.1. The molecule has 0 fully saturated rings. The van der Waals surface area contributed by atoms with E-state index in [0.717, 1.165) is 16.5 Å². The summed E-state index contributed by atoms with van der Waals surface area (Å²) in [5.41, 5.74) is 2.23. The first kappa shape index (κ1) is 13.5. The van der Waals surface area contributed by atoms with E-state index < -0.39 is 5.82 Å². The summed E-state index contributed by atoms with van der Waals surface area (Å²) in [5.74, 6) is -0.374. The van der Waals surface area contributed by atoms with Crippen LogP contribution in [0.2, 0.25) is 0 Å². The van der Waals surface area contributed by atoms with Crippen LogP contribution in [-0.2, 0) is 13.2 Å². The van der Waals surface area contributed by atoms with Crippen molar-refractivity contribution in [2.75, 3.05) is 0 Å². The molecule has 0 amide bonds. The Morgan fingerprint density at radius 1 is 1.00 bits per heavy atom. The van der Waals surface area contributed by atoms with E-state index in [-0.39, 0.29) is 19.0 Å². The van der Waals surface area contributed by atoms with Crippen LogP contribution < -0.4 is 4.74 Å². The molecule has 1 N–H and O–H groups in total. The number of para-hydroxylation sites is 2. The maximum atomic E-state index is 13.8. The number of rotatable bonds is 4. The Hall–Kier alpha value is -2.46. The quantitative estimate of drug-likeness (QED) is 0.797. The predicted octanol–water partition coefficient (Wildman–Crippen LogP) is 3.45. The molecule has 0 saturated carbocycles.